The summed E-state index contributed by atoms with van der Waals surface area (Å²) in [5, 5.41) is 0.148. The van der Waals surface area contributed by atoms with Crippen molar-refractivity contribution in [2.75, 3.05) is 24.7 Å². The molecule has 0 spiro atoms. The van der Waals surface area contributed by atoms with E-state index in [0.717, 1.165) is 55.1 Å². The quantitative estimate of drug-likeness (QED) is 0.299. The molecule has 0 radical (unpaired) electrons. The molecule has 0 amide bonds. The zero-order valence-electron chi connectivity index (χ0n) is 15.0. The fourth-order valence-corrected chi connectivity index (χ4v) is 4.81. The highest BCUT2D eigenvalue weighted by molar-refractivity contribution is 14.2. The van der Waals surface area contributed by atoms with Gasteiger partial charge in [-0.2, -0.15) is 0 Å². The monoisotopic (exact) mass is 494 g/mol. The Hall–Kier alpha value is 0.240. The van der Waals surface area contributed by atoms with Gasteiger partial charge in [0, 0.05) is 28.0 Å². The van der Waals surface area contributed by atoms with E-state index >= 15 is 0 Å². The largest absolute Gasteiger partial charge is 0.348 e. The predicted octanol–water partition coefficient (Wildman–Crippen LogP) is 6.28. The Morgan fingerprint density at radius 2 is 1.72 bits per heavy atom. The van der Waals surface area contributed by atoms with Crippen LogP contribution in [0.25, 0.3) is 0 Å². The van der Waals surface area contributed by atoms with Gasteiger partial charge in [-0.3, -0.25) is 4.79 Å². The summed E-state index contributed by atoms with van der Waals surface area (Å²) in [4.78, 5) is 12.2. The highest BCUT2D eigenvalue weighted by Gasteiger charge is 2.34. The Balaban J connectivity index is 1.83. The zero-order chi connectivity index (χ0) is 18.1. The highest BCUT2D eigenvalue weighted by Crippen LogP contribution is 2.36. The predicted molar refractivity (Wildman–Crippen MR) is 117 cm³/mol. The average Bonchev–Trinajstić information content (AvgIpc) is 2.68. The van der Waals surface area contributed by atoms with Crippen molar-refractivity contribution in [3.8, 4) is 0 Å². The van der Waals surface area contributed by atoms with Crippen LogP contribution in [0, 0.1) is 5.41 Å². The third-order valence-corrected chi connectivity index (χ3v) is 7.60. The van der Waals surface area contributed by atoms with Crippen LogP contribution < -0.4 is 0 Å². The minimum absolute atomic E-state index is 0.148. The third-order valence-electron chi connectivity index (χ3n) is 4.85. The molecule has 6 heteroatoms. The van der Waals surface area contributed by atoms with Crippen LogP contribution in [0.4, 0.5) is 0 Å². The maximum absolute atomic E-state index is 12.2. The number of unbranched alkanes of at least 4 members (excludes halogenated alkanes) is 1. The van der Waals surface area contributed by atoms with E-state index < -0.39 is 0 Å². The number of thioether (sulfide) groups is 1. The normalized spacial score (nSPS) is 17.6. The Morgan fingerprint density at radius 1 is 1.12 bits per heavy atom. The van der Waals surface area contributed by atoms with Gasteiger partial charge in [0.2, 0.25) is 5.12 Å². The van der Waals surface area contributed by atoms with Crippen molar-refractivity contribution in [2.45, 2.75) is 45.8 Å². The van der Waals surface area contributed by atoms with E-state index in [1.807, 2.05) is 33.2 Å². The zero-order valence-corrected chi connectivity index (χ0v) is 18.8. The number of carbonyl (C=O) groups is 1. The van der Waals surface area contributed by atoms with Crippen LogP contribution >= 0.6 is 41.9 Å². The molecule has 0 bridgehead atoms. The molecule has 1 saturated heterocycles. The van der Waals surface area contributed by atoms with Gasteiger partial charge in [-0.1, -0.05) is 58.8 Å². The molecule has 0 unspecified atom stereocenters. The Kier molecular flexibility index (Phi) is 9.62. The van der Waals surface area contributed by atoms with Crippen molar-refractivity contribution in [1.82, 2.24) is 0 Å². The number of rotatable bonds is 9. The molecule has 0 aliphatic carbocycles. The number of ether oxygens (including phenoxy) is 2. The maximum atomic E-state index is 12.2. The van der Waals surface area contributed by atoms with Gasteiger partial charge in [0.05, 0.1) is 13.2 Å². The van der Waals surface area contributed by atoms with E-state index in [-0.39, 0.29) is 16.8 Å². The van der Waals surface area contributed by atoms with Gasteiger partial charge in [-0.25, -0.2) is 0 Å². The van der Waals surface area contributed by atoms with E-state index in [1.54, 1.807) is 0 Å². The van der Waals surface area contributed by atoms with Crippen molar-refractivity contribution in [1.29, 1.82) is 0 Å². The van der Waals surface area contributed by atoms with Gasteiger partial charge >= 0.3 is 0 Å². The van der Waals surface area contributed by atoms with Crippen molar-refractivity contribution in [3.05, 3.63) is 35.4 Å². The molecule has 1 aromatic rings. The van der Waals surface area contributed by atoms with Crippen LogP contribution in [-0.4, -0.2) is 29.8 Å². The van der Waals surface area contributed by atoms with Gasteiger partial charge in [0.1, 0.15) is 0 Å². The lowest BCUT2D eigenvalue weighted by atomic mass is 9.83. The van der Waals surface area contributed by atoms with Crippen molar-refractivity contribution >= 4 is 47.0 Å². The number of hydrogen-bond acceptors (Lipinski definition) is 5. The number of hydrogen-bond donors (Lipinski definition) is 0. The molecule has 1 heterocycles. The van der Waals surface area contributed by atoms with Crippen LogP contribution in [0.2, 0.25) is 0 Å². The van der Waals surface area contributed by atoms with E-state index in [1.165, 1.54) is 18.2 Å². The van der Waals surface area contributed by atoms with Crippen LogP contribution in [0.3, 0.4) is 0 Å². The molecule has 1 fully saturated rings. The second-order valence-electron chi connectivity index (χ2n) is 6.44. The average molecular weight is 494 g/mol. The minimum Gasteiger partial charge on any atom is -0.348 e. The van der Waals surface area contributed by atoms with E-state index in [9.17, 15) is 4.79 Å². The third kappa shape index (κ3) is 6.41. The van der Waals surface area contributed by atoms with Gasteiger partial charge in [0.15, 0.2) is 6.29 Å². The molecule has 1 aliphatic heterocycles. The first-order chi connectivity index (χ1) is 12.1. The topological polar surface area (TPSA) is 35.5 Å². The van der Waals surface area contributed by atoms with E-state index in [2.05, 4.69) is 35.1 Å². The fraction of sp³-hybridized carbons (Fsp3) is 0.632. The van der Waals surface area contributed by atoms with E-state index in [0.29, 0.717) is 0 Å². The Bertz CT molecular complexity index is 522. The van der Waals surface area contributed by atoms with Gasteiger partial charge in [0.25, 0.3) is 0 Å². The number of halogens is 1. The Morgan fingerprint density at radius 3 is 2.28 bits per heavy atom. The van der Waals surface area contributed by atoms with E-state index in [4.69, 9.17) is 9.47 Å². The summed E-state index contributed by atoms with van der Waals surface area (Å²) in [7, 11) is 1.83. The van der Waals surface area contributed by atoms with Crippen LogP contribution in [-0.2, 0) is 9.47 Å². The van der Waals surface area contributed by atoms with Crippen LogP contribution in [0.1, 0.15) is 61.7 Å². The van der Waals surface area contributed by atoms with Crippen molar-refractivity contribution < 1.29 is 14.3 Å². The summed E-state index contributed by atoms with van der Waals surface area (Å²) in [6.45, 7) is 5.85. The lowest BCUT2D eigenvalue weighted by Gasteiger charge is -2.39. The molecular weight excluding hydrogens is 467 g/mol. The molecular formula is C19H27IO3S2. The summed E-state index contributed by atoms with van der Waals surface area (Å²) in [5.41, 5.74) is 1.89. The molecule has 2 rings (SSSR count). The molecule has 0 saturated carbocycles. The van der Waals surface area contributed by atoms with Crippen molar-refractivity contribution in [2.24, 2.45) is 5.41 Å². The Labute approximate surface area is 172 Å². The SMILES string of the molecule is CCC1(CC)COC(c2ccc(C(=O)SCCCCSI)cc2)OC1. The molecule has 1 aliphatic rings. The number of benzene rings is 1. The van der Waals surface area contributed by atoms with Crippen LogP contribution in [0.5, 0.6) is 0 Å². The van der Waals surface area contributed by atoms with Gasteiger partial charge < -0.3 is 9.47 Å². The molecule has 0 N–H and O–H groups in total. The first-order valence-corrected chi connectivity index (χ1v) is 13.4. The summed E-state index contributed by atoms with van der Waals surface area (Å²) in [6.07, 6.45) is 4.08. The maximum Gasteiger partial charge on any atom is 0.219 e. The molecule has 0 aromatic heterocycles. The summed E-state index contributed by atoms with van der Waals surface area (Å²) in [6, 6.07) is 7.69. The van der Waals surface area contributed by atoms with Gasteiger partial charge in [-0.15, -0.1) is 0 Å². The van der Waals surface area contributed by atoms with Crippen molar-refractivity contribution in [3.63, 3.8) is 0 Å². The lowest BCUT2D eigenvalue weighted by Crippen LogP contribution is -2.37. The second-order valence-corrected chi connectivity index (χ2v) is 10.0. The molecule has 0 atom stereocenters. The lowest BCUT2D eigenvalue weighted by molar-refractivity contribution is -0.235. The number of carbonyl (C=O) groups excluding carboxylic acids is 1. The summed E-state index contributed by atoms with van der Waals surface area (Å²) in [5.74, 6) is 2.05. The second kappa shape index (κ2) is 11.2. The van der Waals surface area contributed by atoms with Crippen LogP contribution in [0.15, 0.2) is 24.3 Å². The summed E-state index contributed by atoms with van der Waals surface area (Å²) >= 11 is 3.73. The van der Waals surface area contributed by atoms with Gasteiger partial charge in [-0.05, 0) is 46.9 Å². The first kappa shape index (κ1) is 21.5. The first-order valence-electron chi connectivity index (χ1n) is 8.88. The smallest absolute Gasteiger partial charge is 0.219 e. The molecule has 1 aromatic carbocycles. The minimum atomic E-state index is -0.311. The molecule has 3 nitrogen and oxygen atoms in total. The molecule has 25 heavy (non-hydrogen) atoms. The highest BCUT2D eigenvalue weighted by atomic mass is 127. The fourth-order valence-electron chi connectivity index (χ4n) is 2.73. The molecule has 140 valence electrons. The summed E-state index contributed by atoms with van der Waals surface area (Å²) < 4.78 is 11.9. The standard InChI is InChI=1S/C19H27IO3S2/c1-3-19(4-2)13-22-18(23-14-19)16-9-7-15(8-10-16)17(21)24-11-5-6-12-25-20/h7-10,18H,3-6,11-14H2,1-2H3.